The zero-order valence-corrected chi connectivity index (χ0v) is 9.55. The van der Waals surface area contributed by atoms with Gasteiger partial charge in [-0.3, -0.25) is 4.79 Å². The number of likely N-dealkylation sites (N-methyl/N-ethyl adjacent to an activating group) is 1. The molecule has 3 heteroatoms. The lowest BCUT2D eigenvalue weighted by Gasteiger charge is -2.30. The van der Waals surface area contributed by atoms with E-state index in [9.17, 15) is 4.79 Å². The lowest BCUT2D eigenvalue weighted by molar-refractivity contribution is -0.134. The first-order valence-corrected chi connectivity index (χ1v) is 5.67. The Hall–Kier alpha value is -0.570. The molecule has 0 aromatic rings. The van der Waals surface area contributed by atoms with Gasteiger partial charge in [-0.25, -0.2) is 0 Å². The van der Waals surface area contributed by atoms with Crippen molar-refractivity contribution in [2.75, 3.05) is 13.6 Å². The monoisotopic (exact) mass is 198 g/mol. The molecule has 1 aliphatic rings. The number of piperidine rings is 1. The maximum absolute atomic E-state index is 12.0. The highest BCUT2D eigenvalue weighted by atomic mass is 16.2. The molecule has 0 spiro atoms. The Morgan fingerprint density at radius 2 is 2.29 bits per heavy atom. The summed E-state index contributed by atoms with van der Waals surface area (Å²) in [5.41, 5.74) is 0. The first-order chi connectivity index (χ1) is 6.66. The Bertz CT molecular complexity index is 184. The molecule has 0 radical (unpaired) electrons. The fraction of sp³-hybridized carbons (Fsp3) is 0.909. The van der Waals surface area contributed by atoms with E-state index in [1.165, 1.54) is 12.8 Å². The molecule has 0 aliphatic carbocycles. The Labute approximate surface area is 86.9 Å². The average Bonchev–Trinajstić information content (AvgIpc) is 2.27. The average molecular weight is 198 g/mol. The predicted octanol–water partition coefficient (Wildman–Crippen LogP) is 1.39. The van der Waals surface area contributed by atoms with Crippen LogP contribution in [0.5, 0.6) is 0 Å². The van der Waals surface area contributed by atoms with Gasteiger partial charge in [0.15, 0.2) is 0 Å². The van der Waals surface area contributed by atoms with Crippen LogP contribution in [0.25, 0.3) is 0 Å². The smallest absolute Gasteiger partial charge is 0.239 e. The fourth-order valence-corrected chi connectivity index (χ4v) is 1.80. The Morgan fingerprint density at radius 3 is 2.79 bits per heavy atom. The van der Waals surface area contributed by atoms with Gasteiger partial charge in [-0.1, -0.05) is 13.3 Å². The number of carbonyl (C=O) groups is 1. The summed E-state index contributed by atoms with van der Waals surface area (Å²) >= 11 is 0. The highest BCUT2D eigenvalue weighted by Crippen LogP contribution is 2.11. The molecule has 0 aromatic heterocycles. The molecule has 1 fully saturated rings. The van der Waals surface area contributed by atoms with Crippen LogP contribution in [-0.2, 0) is 4.79 Å². The first kappa shape index (κ1) is 11.5. The maximum atomic E-state index is 12.0. The van der Waals surface area contributed by atoms with Crippen LogP contribution in [0, 0.1) is 0 Å². The second kappa shape index (κ2) is 5.35. The first-order valence-electron chi connectivity index (χ1n) is 5.67. The van der Waals surface area contributed by atoms with Crippen molar-refractivity contribution in [1.29, 1.82) is 0 Å². The van der Waals surface area contributed by atoms with Crippen molar-refractivity contribution in [2.24, 2.45) is 0 Å². The minimum absolute atomic E-state index is 0.0720. The molecule has 0 bridgehead atoms. The number of hydrogen-bond donors (Lipinski definition) is 1. The molecule has 3 nitrogen and oxygen atoms in total. The van der Waals surface area contributed by atoms with E-state index in [4.69, 9.17) is 0 Å². The highest BCUT2D eigenvalue weighted by Gasteiger charge is 2.25. The number of carbonyl (C=O) groups excluding carboxylic acids is 1. The van der Waals surface area contributed by atoms with Gasteiger partial charge in [0.25, 0.3) is 0 Å². The van der Waals surface area contributed by atoms with Crippen LogP contribution in [0.3, 0.4) is 0 Å². The maximum Gasteiger partial charge on any atom is 0.239 e. The molecule has 14 heavy (non-hydrogen) atoms. The van der Waals surface area contributed by atoms with Crippen LogP contribution in [0.15, 0.2) is 0 Å². The van der Waals surface area contributed by atoms with Crippen LogP contribution < -0.4 is 5.32 Å². The summed E-state index contributed by atoms with van der Waals surface area (Å²) in [4.78, 5) is 13.8. The third-order valence-electron chi connectivity index (χ3n) is 3.21. The largest absolute Gasteiger partial charge is 0.342 e. The fourth-order valence-electron chi connectivity index (χ4n) is 1.80. The van der Waals surface area contributed by atoms with Gasteiger partial charge in [-0.15, -0.1) is 0 Å². The molecule has 1 heterocycles. The third kappa shape index (κ3) is 2.71. The number of hydrogen-bond acceptors (Lipinski definition) is 2. The summed E-state index contributed by atoms with van der Waals surface area (Å²) in [7, 11) is 1.91. The molecule has 1 aliphatic heterocycles. The van der Waals surface area contributed by atoms with Gasteiger partial charge in [0.2, 0.25) is 5.91 Å². The second-order valence-corrected chi connectivity index (χ2v) is 4.21. The van der Waals surface area contributed by atoms with E-state index < -0.39 is 0 Å². The van der Waals surface area contributed by atoms with Crippen LogP contribution in [0.4, 0.5) is 0 Å². The summed E-state index contributed by atoms with van der Waals surface area (Å²) in [6.07, 6.45) is 4.41. The molecule has 2 atom stereocenters. The van der Waals surface area contributed by atoms with Gasteiger partial charge in [-0.2, -0.15) is 0 Å². The molecular weight excluding hydrogens is 176 g/mol. The zero-order chi connectivity index (χ0) is 10.6. The van der Waals surface area contributed by atoms with Crippen molar-refractivity contribution in [3.05, 3.63) is 0 Å². The summed E-state index contributed by atoms with van der Waals surface area (Å²) in [6.45, 7) is 5.20. The molecule has 1 saturated heterocycles. The Morgan fingerprint density at radius 1 is 1.57 bits per heavy atom. The van der Waals surface area contributed by atoms with Crippen LogP contribution in [0.2, 0.25) is 0 Å². The number of nitrogens with one attached hydrogen (secondary N) is 1. The molecule has 1 rings (SSSR count). The Kier molecular flexibility index (Phi) is 4.39. The topological polar surface area (TPSA) is 32.3 Å². The van der Waals surface area contributed by atoms with Crippen molar-refractivity contribution in [3.8, 4) is 0 Å². The van der Waals surface area contributed by atoms with Crippen molar-refractivity contribution < 1.29 is 4.79 Å². The standard InChI is InChI=1S/C11H22N2O/c1-4-9(2)13(3)11(14)10-7-5-6-8-12-10/h9-10,12H,4-8H2,1-3H3/t9?,10-/m1/s1. The van der Waals surface area contributed by atoms with E-state index in [1.54, 1.807) is 0 Å². The lowest BCUT2D eigenvalue weighted by Crippen LogP contribution is -2.49. The van der Waals surface area contributed by atoms with Gasteiger partial charge in [-0.05, 0) is 32.7 Å². The quantitative estimate of drug-likeness (QED) is 0.743. The van der Waals surface area contributed by atoms with E-state index in [2.05, 4.69) is 19.2 Å². The second-order valence-electron chi connectivity index (χ2n) is 4.21. The molecule has 1 N–H and O–H groups in total. The van der Waals surface area contributed by atoms with Crippen LogP contribution in [-0.4, -0.2) is 36.5 Å². The van der Waals surface area contributed by atoms with Gasteiger partial charge < -0.3 is 10.2 Å². The van der Waals surface area contributed by atoms with Gasteiger partial charge in [0.05, 0.1) is 6.04 Å². The van der Waals surface area contributed by atoms with E-state index in [0.29, 0.717) is 6.04 Å². The molecule has 1 amide bonds. The third-order valence-corrected chi connectivity index (χ3v) is 3.21. The van der Waals surface area contributed by atoms with Gasteiger partial charge in [0, 0.05) is 13.1 Å². The van der Waals surface area contributed by atoms with Crippen LogP contribution >= 0.6 is 0 Å². The van der Waals surface area contributed by atoms with Crippen molar-refractivity contribution >= 4 is 5.91 Å². The van der Waals surface area contributed by atoms with E-state index in [1.807, 2.05) is 11.9 Å². The number of amides is 1. The summed E-state index contributed by atoms with van der Waals surface area (Å²) < 4.78 is 0. The highest BCUT2D eigenvalue weighted by molar-refractivity contribution is 5.82. The molecule has 0 aromatic carbocycles. The Balaban J connectivity index is 2.46. The predicted molar refractivity (Wildman–Crippen MR) is 58.2 cm³/mol. The minimum atomic E-state index is 0.0720. The summed E-state index contributed by atoms with van der Waals surface area (Å²) in [5.74, 6) is 0.263. The lowest BCUT2D eigenvalue weighted by atomic mass is 10.0. The molecule has 0 saturated carbocycles. The summed E-state index contributed by atoms with van der Waals surface area (Å²) in [5, 5.41) is 3.29. The molecule has 1 unspecified atom stereocenters. The van der Waals surface area contributed by atoms with E-state index >= 15 is 0 Å². The number of nitrogens with zero attached hydrogens (tertiary/aromatic N) is 1. The van der Waals surface area contributed by atoms with Crippen molar-refractivity contribution in [1.82, 2.24) is 10.2 Å². The minimum Gasteiger partial charge on any atom is -0.342 e. The summed E-state index contributed by atoms with van der Waals surface area (Å²) in [6, 6.07) is 0.425. The SMILES string of the molecule is CCC(C)N(C)C(=O)[C@H]1CCCCN1. The van der Waals surface area contributed by atoms with Gasteiger partial charge >= 0.3 is 0 Å². The molecule has 82 valence electrons. The van der Waals surface area contributed by atoms with E-state index in [0.717, 1.165) is 19.4 Å². The molecular formula is C11H22N2O. The van der Waals surface area contributed by atoms with E-state index in [-0.39, 0.29) is 11.9 Å². The zero-order valence-electron chi connectivity index (χ0n) is 9.55. The number of rotatable bonds is 3. The normalized spacial score (nSPS) is 24.4. The van der Waals surface area contributed by atoms with Crippen molar-refractivity contribution in [2.45, 2.75) is 51.6 Å². The van der Waals surface area contributed by atoms with Crippen molar-refractivity contribution in [3.63, 3.8) is 0 Å². The van der Waals surface area contributed by atoms with Gasteiger partial charge in [0.1, 0.15) is 0 Å². The van der Waals surface area contributed by atoms with Crippen LogP contribution in [0.1, 0.15) is 39.5 Å².